The molecule has 3 rings (SSSR count). The SMILES string of the molecule is CN(C)[C@H]1CN(C(=O)c2ccc(-c3ccc(F)c(C#N)c3)cc2)C[C@@H]1O. The van der Waals surface area contributed by atoms with Crippen molar-refractivity contribution in [3.8, 4) is 17.2 Å². The van der Waals surface area contributed by atoms with E-state index in [1.165, 1.54) is 12.1 Å². The molecule has 1 N–H and O–H groups in total. The molecule has 0 bridgehead atoms. The molecule has 0 spiro atoms. The number of hydrogen-bond donors (Lipinski definition) is 1. The van der Waals surface area contributed by atoms with Gasteiger partial charge in [0.1, 0.15) is 11.9 Å². The van der Waals surface area contributed by atoms with Crippen LogP contribution >= 0.6 is 0 Å². The van der Waals surface area contributed by atoms with Gasteiger partial charge in [0.25, 0.3) is 5.91 Å². The summed E-state index contributed by atoms with van der Waals surface area (Å²) < 4.78 is 13.5. The van der Waals surface area contributed by atoms with E-state index >= 15 is 0 Å². The lowest BCUT2D eigenvalue weighted by Crippen LogP contribution is -2.38. The quantitative estimate of drug-likeness (QED) is 0.918. The summed E-state index contributed by atoms with van der Waals surface area (Å²) in [6.07, 6.45) is -0.558. The predicted octanol–water partition coefficient (Wildman–Crippen LogP) is 2.11. The average molecular weight is 353 g/mol. The van der Waals surface area contributed by atoms with Gasteiger partial charge >= 0.3 is 0 Å². The second-order valence-corrected chi connectivity index (χ2v) is 6.69. The molecule has 2 atom stereocenters. The molecule has 0 aliphatic carbocycles. The van der Waals surface area contributed by atoms with Crippen molar-refractivity contribution < 1.29 is 14.3 Å². The number of aliphatic hydroxyl groups is 1. The Morgan fingerprint density at radius 2 is 1.85 bits per heavy atom. The van der Waals surface area contributed by atoms with Crippen molar-refractivity contribution in [1.29, 1.82) is 5.26 Å². The summed E-state index contributed by atoms with van der Waals surface area (Å²) in [6.45, 7) is 0.797. The lowest BCUT2D eigenvalue weighted by molar-refractivity contribution is 0.0764. The first-order valence-corrected chi connectivity index (χ1v) is 8.34. The molecule has 1 aliphatic rings. The summed E-state index contributed by atoms with van der Waals surface area (Å²) in [5.74, 6) is -0.678. The molecule has 1 amide bonds. The molecular formula is C20H20FN3O2. The topological polar surface area (TPSA) is 67.6 Å². The molecule has 6 heteroatoms. The minimum absolute atomic E-state index is 0.0107. The smallest absolute Gasteiger partial charge is 0.253 e. The molecule has 1 saturated heterocycles. The molecule has 26 heavy (non-hydrogen) atoms. The van der Waals surface area contributed by atoms with E-state index in [1.807, 2.05) is 25.1 Å². The Morgan fingerprint density at radius 1 is 1.19 bits per heavy atom. The Hall–Kier alpha value is -2.75. The zero-order valence-corrected chi connectivity index (χ0v) is 14.7. The Kier molecular flexibility index (Phi) is 5.03. The van der Waals surface area contributed by atoms with Gasteiger partial charge in [-0.15, -0.1) is 0 Å². The summed E-state index contributed by atoms with van der Waals surface area (Å²) in [7, 11) is 3.77. The summed E-state index contributed by atoms with van der Waals surface area (Å²) >= 11 is 0. The summed E-state index contributed by atoms with van der Waals surface area (Å²) in [5.41, 5.74) is 2.03. The highest BCUT2D eigenvalue weighted by atomic mass is 19.1. The van der Waals surface area contributed by atoms with Gasteiger partial charge in [0.15, 0.2) is 0 Å². The van der Waals surface area contributed by atoms with Crippen LogP contribution in [-0.4, -0.2) is 60.1 Å². The lowest BCUT2D eigenvalue weighted by Gasteiger charge is -2.21. The lowest BCUT2D eigenvalue weighted by atomic mass is 10.0. The van der Waals surface area contributed by atoms with Crippen LogP contribution in [0, 0.1) is 17.1 Å². The van der Waals surface area contributed by atoms with Gasteiger partial charge in [-0.3, -0.25) is 4.79 Å². The molecule has 2 aromatic carbocycles. The van der Waals surface area contributed by atoms with Crippen LogP contribution in [0.15, 0.2) is 42.5 Å². The highest BCUT2D eigenvalue weighted by molar-refractivity contribution is 5.95. The number of aliphatic hydroxyl groups excluding tert-OH is 1. The minimum Gasteiger partial charge on any atom is -0.390 e. The second-order valence-electron chi connectivity index (χ2n) is 6.69. The number of benzene rings is 2. The summed E-state index contributed by atoms with van der Waals surface area (Å²) in [5, 5.41) is 19.0. The average Bonchev–Trinajstić information content (AvgIpc) is 3.04. The molecule has 134 valence electrons. The van der Waals surface area contributed by atoms with E-state index in [-0.39, 0.29) is 17.5 Å². The van der Waals surface area contributed by atoms with Crippen molar-refractivity contribution in [2.45, 2.75) is 12.1 Å². The standard InChI is InChI=1S/C20H20FN3O2/c1-23(2)18-11-24(12-19(18)25)20(26)14-5-3-13(4-6-14)15-7-8-17(21)16(9-15)10-22/h3-9,18-19,25H,11-12H2,1-2H3/t18-,19-/m0/s1. The molecule has 0 saturated carbocycles. The molecule has 1 heterocycles. The number of carbonyl (C=O) groups is 1. The Labute approximate surface area is 151 Å². The molecule has 1 aliphatic heterocycles. The molecule has 2 aromatic rings. The maximum absolute atomic E-state index is 13.5. The summed E-state index contributed by atoms with van der Waals surface area (Å²) in [6, 6.07) is 13.1. The van der Waals surface area contributed by atoms with Gasteiger partial charge in [-0.05, 0) is 49.5 Å². The molecular weight excluding hydrogens is 333 g/mol. The number of likely N-dealkylation sites (N-methyl/N-ethyl adjacent to an activating group) is 1. The Bertz CT molecular complexity index is 858. The number of nitriles is 1. The monoisotopic (exact) mass is 353 g/mol. The molecule has 0 radical (unpaired) electrons. The minimum atomic E-state index is -0.558. The number of carbonyl (C=O) groups excluding carboxylic acids is 1. The van der Waals surface area contributed by atoms with Gasteiger partial charge < -0.3 is 14.9 Å². The predicted molar refractivity (Wildman–Crippen MR) is 95.9 cm³/mol. The largest absolute Gasteiger partial charge is 0.390 e. The highest BCUT2D eigenvalue weighted by Gasteiger charge is 2.35. The molecule has 5 nitrogen and oxygen atoms in total. The van der Waals surface area contributed by atoms with Crippen LogP contribution in [0.3, 0.4) is 0 Å². The number of β-amino-alcohol motifs (C(OH)–C–C–N with tert-alkyl or cyclic N) is 1. The van der Waals surface area contributed by atoms with Gasteiger partial charge in [0, 0.05) is 18.7 Å². The first-order chi connectivity index (χ1) is 12.4. The number of amides is 1. The number of hydrogen-bond acceptors (Lipinski definition) is 4. The van der Waals surface area contributed by atoms with E-state index in [9.17, 15) is 14.3 Å². The summed E-state index contributed by atoms with van der Waals surface area (Å²) in [4.78, 5) is 16.2. The number of nitrogens with zero attached hydrogens (tertiary/aromatic N) is 3. The Balaban J connectivity index is 1.78. The fourth-order valence-electron chi connectivity index (χ4n) is 3.22. The maximum Gasteiger partial charge on any atom is 0.253 e. The number of likely N-dealkylation sites (tertiary alicyclic amines) is 1. The second kappa shape index (κ2) is 7.24. The third-order valence-electron chi connectivity index (χ3n) is 4.76. The molecule has 1 fully saturated rings. The van der Waals surface area contributed by atoms with E-state index in [4.69, 9.17) is 5.26 Å². The van der Waals surface area contributed by atoms with Crippen molar-refractivity contribution in [2.24, 2.45) is 0 Å². The first-order valence-electron chi connectivity index (χ1n) is 8.34. The van der Waals surface area contributed by atoms with Crippen LogP contribution in [0.5, 0.6) is 0 Å². The van der Waals surface area contributed by atoms with Crippen molar-refractivity contribution in [3.63, 3.8) is 0 Å². The van der Waals surface area contributed by atoms with Crippen molar-refractivity contribution in [3.05, 3.63) is 59.4 Å². The molecule has 0 aromatic heterocycles. The normalized spacial score (nSPS) is 19.6. The van der Waals surface area contributed by atoms with E-state index in [0.717, 1.165) is 5.56 Å². The van der Waals surface area contributed by atoms with Crippen LogP contribution in [0.25, 0.3) is 11.1 Å². The first kappa shape index (κ1) is 18.1. The van der Waals surface area contributed by atoms with Gasteiger partial charge in [-0.2, -0.15) is 5.26 Å². The number of rotatable bonds is 3. The fourth-order valence-corrected chi connectivity index (χ4v) is 3.22. The van der Waals surface area contributed by atoms with Crippen LogP contribution in [-0.2, 0) is 0 Å². The van der Waals surface area contributed by atoms with E-state index < -0.39 is 11.9 Å². The van der Waals surface area contributed by atoms with Gasteiger partial charge in [-0.1, -0.05) is 18.2 Å². The third-order valence-corrected chi connectivity index (χ3v) is 4.76. The fraction of sp³-hybridized carbons (Fsp3) is 0.300. The number of halogens is 1. The van der Waals surface area contributed by atoms with Crippen LogP contribution in [0.2, 0.25) is 0 Å². The third kappa shape index (κ3) is 3.45. The van der Waals surface area contributed by atoms with Crippen molar-refractivity contribution in [2.75, 3.05) is 27.2 Å². The van der Waals surface area contributed by atoms with E-state index in [2.05, 4.69) is 0 Å². The van der Waals surface area contributed by atoms with E-state index in [1.54, 1.807) is 35.2 Å². The zero-order chi connectivity index (χ0) is 18.8. The van der Waals surface area contributed by atoms with Crippen LogP contribution < -0.4 is 0 Å². The van der Waals surface area contributed by atoms with Gasteiger partial charge in [0.05, 0.1) is 17.7 Å². The van der Waals surface area contributed by atoms with Gasteiger partial charge in [-0.25, -0.2) is 4.39 Å². The van der Waals surface area contributed by atoms with E-state index in [0.29, 0.717) is 24.2 Å². The Morgan fingerprint density at radius 3 is 2.42 bits per heavy atom. The van der Waals surface area contributed by atoms with Gasteiger partial charge in [0.2, 0.25) is 0 Å². The highest BCUT2D eigenvalue weighted by Crippen LogP contribution is 2.24. The molecule has 0 unspecified atom stereocenters. The van der Waals surface area contributed by atoms with Crippen molar-refractivity contribution >= 4 is 5.91 Å². The zero-order valence-electron chi connectivity index (χ0n) is 14.7. The van der Waals surface area contributed by atoms with Crippen molar-refractivity contribution in [1.82, 2.24) is 9.80 Å². The van der Waals surface area contributed by atoms with Crippen LogP contribution in [0.1, 0.15) is 15.9 Å². The maximum atomic E-state index is 13.5. The van der Waals surface area contributed by atoms with Crippen LogP contribution in [0.4, 0.5) is 4.39 Å².